The molecule has 88 valence electrons. The molecule has 1 fully saturated rings. The fourth-order valence-corrected chi connectivity index (χ4v) is 2.38. The fraction of sp³-hybridized carbons (Fsp3) is 0.385. The van der Waals surface area contributed by atoms with Crippen molar-refractivity contribution in [2.45, 2.75) is 19.3 Å². The molecule has 0 saturated carbocycles. The van der Waals surface area contributed by atoms with Crippen LogP contribution >= 0.6 is 0 Å². The van der Waals surface area contributed by atoms with Gasteiger partial charge in [-0.25, -0.2) is 4.98 Å². The van der Waals surface area contributed by atoms with Crippen LogP contribution in [0.1, 0.15) is 24.8 Å². The third kappa shape index (κ3) is 1.90. The molecule has 0 aliphatic carbocycles. The lowest BCUT2D eigenvalue weighted by Gasteiger charge is -2.29. The number of piperidine rings is 1. The Hall–Kier alpha value is -1.84. The fourth-order valence-electron chi connectivity index (χ4n) is 2.38. The Morgan fingerprint density at radius 2 is 2.06 bits per heavy atom. The second-order valence-corrected chi connectivity index (χ2v) is 4.53. The number of aromatic nitrogens is 2. The number of H-pyrrole nitrogens is 1. The molecule has 0 radical (unpaired) electrons. The Morgan fingerprint density at radius 1 is 1.24 bits per heavy atom. The first kappa shape index (κ1) is 10.3. The Balaban J connectivity index is 1.88. The van der Waals surface area contributed by atoms with Crippen LogP contribution in [-0.4, -0.2) is 33.8 Å². The molecule has 0 unspecified atom stereocenters. The molecule has 1 aliphatic rings. The number of nitrogens with one attached hydrogen (secondary N) is 2. The van der Waals surface area contributed by atoms with Crippen molar-refractivity contribution in [2.24, 2.45) is 0 Å². The lowest BCUT2D eigenvalue weighted by atomic mass is 10.1. The van der Waals surface area contributed by atoms with Gasteiger partial charge in [0.25, 0.3) is 0 Å². The zero-order valence-electron chi connectivity index (χ0n) is 9.74. The van der Waals surface area contributed by atoms with Crippen LogP contribution in [0.5, 0.6) is 0 Å². The van der Waals surface area contributed by atoms with Crippen molar-refractivity contribution in [3.8, 4) is 0 Å². The average Bonchev–Trinajstić information content (AvgIpc) is 2.86. The van der Waals surface area contributed by atoms with E-state index in [1.54, 1.807) is 6.33 Å². The minimum atomic E-state index is 0.640. The quantitative estimate of drug-likeness (QED) is 0.581. The molecule has 2 aromatic rings. The zero-order valence-corrected chi connectivity index (χ0v) is 9.74. The summed E-state index contributed by atoms with van der Waals surface area (Å²) in [5.41, 5.74) is 2.94. The molecule has 1 aliphatic heterocycles. The van der Waals surface area contributed by atoms with E-state index in [2.05, 4.69) is 14.9 Å². The van der Waals surface area contributed by atoms with Crippen molar-refractivity contribution in [1.29, 1.82) is 5.41 Å². The first-order chi connectivity index (χ1) is 8.34. The molecule has 0 amide bonds. The molecule has 1 aromatic heterocycles. The van der Waals surface area contributed by atoms with E-state index in [1.807, 2.05) is 18.2 Å². The predicted molar refractivity (Wildman–Crippen MR) is 68.3 cm³/mol. The highest BCUT2D eigenvalue weighted by Crippen LogP contribution is 2.16. The van der Waals surface area contributed by atoms with E-state index in [0.717, 1.165) is 29.7 Å². The van der Waals surface area contributed by atoms with Crippen molar-refractivity contribution in [1.82, 2.24) is 14.9 Å². The summed E-state index contributed by atoms with van der Waals surface area (Å²) < 4.78 is 0. The van der Waals surface area contributed by atoms with Gasteiger partial charge in [0.2, 0.25) is 0 Å². The van der Waals surface area contributed by atoms with Gasteiger partial charge in [-0.15, -0.1) is 0 Å². The second kappa shape index (κ2) is 4.20. The van der Waals surface area contributed by atoms with Gasteiger partial charge in [0, 0.05) is 18.7 Å². The molecule has 4 nitrogen and oxygen atoms in total. The molecular formula is C13H16N4. The SMILES string of the molecule is N=C(c1ccc2nc[nH]c2c1)N1CCCCC1. The number of nitrogens with zero attached hydrogens (tertiary/aromatic N) is 2. The number of amidine groups is 1. The maximum atomic E-state index is 8.24. The minimum absolute atomic E-state index is 0.640. The van der Waals surface area contributed by atoms with E-state index in [-0.39, 0.29) is 0 Å². The van der Waals surface area contributed by atoms with E-state index < -0.39 is 0 Å². The smallest absolute Gasteiger partial charge is 0.128 e. The van der Waals surface area contributed by atoms with Crippen LogP contribution in [0, 0.1) is 5.41 Å². The molecule has 2 heterocycles. The largest absolute Gasteiger partial charge is 0.357 e. The summed E-state index contributed by atoms with van der Waals surface area (Å²) in [5, 5.41) is 8.24. The van der Waals surface area contributed by atoms with E-state index in [1.165, 1.54) is 19.3 Å². The van der Waals surface area contributed by atoms with Crippen molar-refractivity contribution in [3.05, 3.63) is 30.1 Å². The molecule has 1 saturated heterocycles. The van der Waals surface area contributed by atoms with Gasteiger partial charge in [-0.1, -0.05) is 0 Å². The highest BCUT2D eigenvalue weighted by atomic mass is 15.2. The molecule has 0 spiro atoms. The third-order valence-electron chi connectivity index (χ3n) is 3.37. The Bertz CT molecular complexity index is 537. The normalized spacial score (nSPS) is 16.4. The number of aromatic amines is 1. The molecule has 2 N–H and O–H groups in total. The van der Waals surface area contributed by atoms with Gasteiger partial charge in [-0.2, -0.15) is 0 Å². The number of imidazole rings is 1. The standard InChI is InChI=1S/C13H16N4/c14-13(17-6-2-1-3-7-17)10-4-5-11-12(8-10)16-9-15-11/h4-5,8-9,14H,1-3,6-7H2,(H,15,16). The first-order valence-electron chi connectivity index (χ1n) is 6.11. The minimum Gasteiger partial charge on any atom is -0.357 e. The number of likely N-dealkylation sites (tertiary alicyclic amines) is 1. The summed E-state index contributed by atoms with van der Waals surface area (Å²) in [6, 6.07) is 5.97. The second-order valence-electron chi connectivity index (χ2n) is 4.53. The van der Waals surface area contributed by atoms with Crippen LogP contribution in [0.25, 0.3) is 11.0 Å². The van der Waals surface area contributed by atoms with Crippen LogP contribution < -0.4 is 0 Å². The number of hydrogen-bond acceptors (Lipinski definition) is 2. The topological polar surface area (TPSA) is 55.8 Å². The van der Waals surface area contributed by atoms with Crippen molar-refractivity contribution >= 4 is 16.9 Å². The van der Waals surface area contributed by atoms with Gasteiger partial charge in [0.1, 0.15) is 5.84 Å². The van der Waals surface area contributed by atoms with Gasteiger partial charge in [-0.3, -0.25) is 5.41 Å². The highest BCUT2D eigenvalue weighted by Gasteiger charge is 2.15. The summed E-state index contributed by atoms with van der Waals surface area (Å²) in [6.07, 6.45) is 5.39. The van der Waals surface area contributed by atoms with E-state index in [0.29, 0.717) is 5.84 Å². The Labute approximate surface area is 100 Å². The first-order valence-corrected chi connectivity index (χ1v) is 6.11. The molecule has 1 aromatic carbocycles. The predicted octanol–water partition coefficient (Wildman–Crippen LogP) is 2.37. The van der Waals surface area contributed by atoms with E-state index in [9.17, 15) is 0 Å². The molecule has 0 atom stereocenters. The van der Waals surface area contributed by atoms with Crippen molar-refractivity contribution in [3.63, 3.8) is 0 Å². The number of hydrogen-bond donors (Lipinski definition) is 2. The lowest BCUT2D eigenvalue weighted by molar-refractivity contribution is 0.341. The summed E-state index contributed by atoms with van der Waals surface area (Å²) in [4.78, 5) is 9.45. The zero-order chi connectivity index (χ0) is 11.7. The summed E-state index contributed by atoms with van der Waals surface area (Å²) in [7, 11) is 0. The molecule has 3 rings (SSSR count). The van der Waals surface area contributed by atoms with Crippen LogP contribution in [0.15, 0.2) is 24.5 Å². The molecule has 0 bridgehead atoms. The third-order valence-corrected chi connectivity index (χ3v) is 3.37. The Kier molecular flexibility index (Phi) is 2.55. The van der Waals surface area contributed by atoms with Crippen molar-refractivity contribution in [2.75, 3.05) is 13.1 Å². The van der Waals surface area contributed by atoms with Gasteiger partial charge in [0.15, 0.2) is 0 Å². The number of fused-ring (bicyclic) bond motifs is 1. The maximum Gasteiger partial charge on any atom is 0.128 e. The molecular weight excluding hydrogens is 212 g/mol. The van der Waals surface area contributed by atoms with E-state index >= 15 is 0 Å². The summed E-state index contributed by atoms with van der Waals surface area (Å²) in [5.74, 6) is 0.640. The number of benzene rings is 1. The monoisotopic (exact) mass is 228 g/mol. The van der Waals surface area contributed by atoms with Gasteiger partial charge >= 0.3 is 0 Å². The van der Waals surface area contributed by atoms with Crippen LogP contribution in [0.3, 0.4) is 0 Å². The average molecular weight is 228 g/mol. The van der Waals surface area contributed by atoms with Gasteiger partial charge in [0.05, 0.1) is 17.4 Å². The van der Waals surface area contributed by atoms with Crippen molar-refractivity contribution < 1.29 is 0 Å². The van der Waals surface area contributed by atoms with Crippen LogP contribution in [-0.2, 0) is 0 Å². The lowest BCUT2D eigenvalue weighted by Crippen LogP contribution is -2.35. The van der Waals surface area contributed by atoms with Gasteiger partial charge < -0.3 is 9.88 Å². The molecule has 4 heteroatoms. The van der Waals surface area contributed by atoms with Crippen LogP contribution in [0.4, 0.5) is 0 Å². The summed E-state index contributed by atoms with van der Waals surface area (Å²) in [6.45, 7) is 2.03. The number of rotatable bonds is 1. The highest BCUT2D eigenvalue weighted by molar-refractivity contribution is 5.99. The maximum absolute atomic E-state index is 8.24. The van der Waals surface area contributed by atoms with Crippen LogP contribution in [0.2, 0.25) is 0 Å². The molecule has 17 heavy (non-hydrogen) atoms. The van der Waals surface area contributed by atoms with E-state index in [4.69, 9.17) is 5.41 Å². The summed E-state index contributed by atoms with van der Waals surface area (Å²) >= 11 is 0. The Morgan fingerprint density at radius 3 is 2.88 bits per heavy atom. The van der Waals surface area contributed by atoms with Gasteiger partial charge in [-0.05, 0) is 37.5 Å².